The Labute approximate surface area is 132 Å². The van der Waals surface area contributed by atoms with Crippen LogP contribution in [-0.2, 0) is 9.59 Å². The Bertz CT molecular complexity index is 605. The van der Waals surface area contributed by atoms with Crippen molar-refractivity contribution in [2.45, 2.75) is 11.8 Å². The number of primary amides is 1. The van der Waals surface area contributed by atoms with Crippen LogP contribution in [0.4, 0.5) is 0 Å². The molecule has 3 N–H and O–H groups in total. The lowest BCUT2D eigenvalue weighted by Crippen LogP contribution is -2.30. The highest BCUT2D eigenvalue weighted by molar-refractivity contribution is 8.00. The van der Waals surface area contributed by atoms with Crippen molar-refractivity contribution in [1.82, 2.24) is 4.90 Å². The third kappa shape index (κ3) is 3.59. The zero-order valence-electron chi connectivity index (χ0n) is 12.2. The molecule has 2 amide bonds. The summed E-state index contributed by atoms with van der Waals surface area (Å²) >= 11 is 1.21. The van der Waals surface area contributed by atoms with Gasteiger partial charge in [-0.25, -0.2) is 0 Å². The first kappa shape index (κ1) is 16.4. The van der Waals surface area contributed by atoms with Gasteiger partial charge in [0, 0.05) is 18.0 Å². The average Bonchev–Trinajstić information content (AvgIpc) is 2.87. The predicted octanol–water partition coefficient (Wildman–Crippen LogP) is 1.06. The Hall–Kier alpha value is -2.02. The molecule has 0 saturated carbocycles. The highest BCUT2D eigenvalue weighted by Crippen LogP contribution is 2.28. The molecule has 7 heteroatoms. The summed E-state index contributed by atoms with van der Waals surface area (Å²) in [5.74, 6) is -2.05. The molecule has 1 aromatic rings. The molecule has 1 aliphatic heterocycles. The Morgan fingerprint density at radius 2 is 2.00 bits per heavy atom. The minimum absolute atomic E-state index is 0.0770. The number of nitrogens with two attached hydrogens (primary N) is 1. The minimum Gasteiger partial charge on any atom is -0.481 e. The maximum absolute atomic E-state index is 12.6. The van der Waals surface area contributed by atoms with E-state index in [9.17, 15) is 14.4 Å². The van der Waals surface area contributed by atoms with Crippen molar-refractivity contribution >= 4 is 29.5 Å². The number of nitrogens with zero attached hydrogens (tertiary/aromatic N) is 1. The molecule has 1 fully saturated rings. The molecular formula is C15H18N2O4S. The number of carboxylic acids is 1. The second kappa shape index (κ2) is 6.83. The number of likely N-dealkylation sites (tertiary alicyclic amines) is 1. The van der Waals surface area contributed by atoms with Crippen LogP contribution in [0.15, 0.2) is 29.2 Å². The third-order valence-corrected chi connectivity index (χ3v) is 4.80. The topological polar surface area (TPSA) is 101 Å². The van der Waals surface area contributed by atoms with Crippen molar-refractivity contribution in [3.05, 3.63) is 29.8 Å². The summed E-state index contributed by atoms with van der Waals surface area (Å²) in [6.07, 6.45) is 0. The number of hydrogen-bond acceptors (Lipinski definition) is 4. The van der Waals surface area contributed by atoms with Crippen LogP contribution in [0.3, 0.4) is 0 Å². The van der Waals surface area contributed by atoms with E-state index in [1.807, 2.05) is 6.92 Å². The van der Waals surface area contributed by atoms with Crippen LogP contribution in [0.2, 0.25) is 0 Å². The molecule has 6 nitrogen and oxygen atoms in total. The number of aliphatic carboxylic acids is 1. The molecule has 0 radical (unpaired) electrons. The minimum atomic E-state index is -0.876. The van der Waals surface area contributed by atoms with E-state index in [2.05, 4.69) is 0 Å². The van der Waals surface area contributed by atoms with Crippen LogP contribution in [0.25, 0.3) is 0 Å². The van der Waals surface area contributed by atoms with Crippen molar-refractivity contribution < 1.29 is 19.5 Å². The van der Waals surface area contributed by atoms with Gasteiger partial charge in [-0.15, -0.1) is 11.8 Å². The van der Waals surface area contributed by atoms with Gasteiger partial charge < -0.3 is 15.7 Å². The van der Waals surface area contributed by atoms with Crippen molar-refractivity contribution in [1.29, 1.82) is 0 Å². The van der Waals surface area contributed by atoms with Crippen molar-refractivity contribution in [3.63, 3.8) is 0 Å². The van der Waals surface area contributed by atoms with Gasteiger partial charge in [0.15, 0.2) is 0 Å². The SMILES string of the molecule is C[C@@H]1CN(C(=O)c2ccccc2SCC(N)=O)C[C@H]1C(=O)O. The largest absolute Gasteiger partial charge is 0.481 e. The molecule has 2 atom stereocenters. The van der Waals surface area contributed by atoms with Crippen LogP contribution < -0.4 is 5.73 Å². The van der Waals surface area contributed by atoms with Gasteiger partial charge >= 0.3 is 5.97 Å². The van der Waals surface area contributed by atoms with E-state index in [4.69, 9.17) is 10.8 Å². The van der Waals surface area contributed by atoms with Crippen molar-refractivity contribution in [2.24, 2.45) is 17.6 Å². The Morgan fingerprint density at radius 1 is 1.32 bits per heavy atom. The van der Waals surface area contributed by atoms with Gasteiger partial charge in [0.05, 0.1) is 17.2 Å². The van der Waals surface area contributed by atoms with Crippen molar-refractivity contribution in [3.8, 4) is 0 Å². The summed E-state index contributed by atoms with van der Waals surface area (Å²) in [5, 5.41) is 9.16. The number of hydrogen-bond donors (Lipinski definition) is 2. The second-order valence-corrected chi connectivity index (χ2v) is 6.40. The fourth-order valence-electron chi connectivity index (χ4n) is 2.54. The molecule has 2 rings (SSSR count). The maximum Gasteiger partial charge on any atom is 0.308 e. The van der Waals surface area contributed by atoms with Gasteiger partial charge in [-0.05, 0) is 18.1 Å². The number of thioether (sulfide) groups is 1. The monoisotopic (exact) mass is 322 g/mol. The van der Waals surface area contributed by atoms with E-state index >= 15 is 0 Å². The molecule has 0 unspecified atom stereocenters. The summed E-state index contributed by atoms with van der Waals surface area (Å²) in [4.78, 5) is 37.0. The Balaban J connectivity index is 2.16. The van der Waals surface area contributed by atoms with Crippen LogP contribution in [0.1, 0.15) is 17.3 Å². The third-order valence-electron chi connectivity index (χ3n) is 3.70. The summed E-state index contributed by atoms with van der Waals surface area (Å²) < 4.78 is 0. The maximum atomic E-state index is 12.6. The van der Waals surface area contributed by atoms with E-state index in [0.29, 0.717) is 17.0 Å². The smallest absolute Gasteiger partial charge is 0.308 e. The van der Waals surface area contributed by atoms with Crippen LogP contribution in [0.5, 0.6) is 0 Å². The van der Waals surface area contributed by atoms with Gasteiger partial charge in [-0.3, -0.25) is 14.4 Å². The lowest BCUT2D eigenvalue weighted by molar-refractivity contribution is -0.142. The summed E-state index contributed by atoms with van der Waals surface area (Å²) in [6.45, 7) is 2.47. The second-order valence-electron chi connectivity index (χ2n) is 5.38. The predicted molar refractivity (Wildman–Crippen MR) is 82.6 cm³/mol. The van der Waals surface area contributed by atoms with E-state index in [-0.39, 0.29) is 24.1 Å². The van der Waals surface area contributed by atoms with Gasteiger partial charge in [0.1, 0.15) is 0 Å². The first-order valence-electron chi connectivity index (χ1n) is 6.92. The first-order valence-corrected chi connectivity index (χ1v) is 7.91. The lowest BCUT2D eigenvalue weighted by Gasteiger charge is -2.17. The van der Waals surface area contributed by atoms with Gasteiger partial charge in [-0.2, -0.15) is 0 Å². The fraction of sp³-hybridized carbons (Fsp3) is 0.400. The van der Waals surface area contributed by atoms with Crippen LogP contribution >= 0.6 is 11.8 Å². The van der Waals surface area contributed by atoms with Gasteiger partial charge in [-0.1, -0.05) is 19.1 Å². The molecule has 118 valence electrons. The highest BCUT2D eigenvalue weighted by atomic mass is 32.2. The van der Waals surface area contributed by atoms with E-state index < -0.39 is 17.8 Å². The molecule has 0 aliphatic carbocycles. The molecule has 0 spiro atoms. The summed E-state index contributed by atoms with van der Waals surface area (Å²) in [6, 6.07) is 6.97. The van der Waals surface area contributed by atoms with Crippen LogP contribution in [0, 0.1) is 11.8 Å². The average molecular weight is 322 g/mol. The Kier molecular flexibility index (Phi) is 5.07. The number of benzene rings is 1. The number of carbonyl (C=O) groups is 3. The number of amides is 2. The summed E-state index contributed by atoms with van der Waals surface area (Å²) in [7, 11) is 0. The molecule has 1 aliphatic rings. The lowest BCUT2D eigenvalue weighted by atomic mass is 9.99. The molecule has 0 aromatic heterocycles. The normalized spacial score (nSPS) is 20.9. The zero-order chi connectivity index (χ0) is 16.3. The number of carboxylic acid groups (broad SMARTS) is 1. The molecule has 1 heterocycles. The molecule has 22 heavy (non-hydrogen) atoms. The first-order chi connectivity index (χ1) is 10.4. The van der Waals surface area contributed by atoms with E-state index in [1.165, 1.54) is 11.8 Å². The standard InChI is InChI=1S/C15H18N2O4S/c1-9-6-17(7-11(9)15(20)21)14(19)10-4-2-3-5-12(10)22-8-13(16)18/h2-5,9,11H,6-8H2,1H3,(H2,16,18)(H,20,21)/t9-,11-/m1/s1. The molecule has 0 bridgehead atoms. The van der Waals surface area contributed by atoms with Gasteiger partial charge in [0.25, 0.3) is 5.91 Å². The van der Waals surface area contributed by atoms with Crippen LogP contribution in [-0.4, -0.2) is 46.6 Å². The quantitative estimate of drug-likeness (QED) is 0.789. The molecule has 1 saturated heterocycles. The van der Waals surface area contributed by atoms with Crippen molar-refractivity contribution in [2.75, 3.05) is 18.8 Å². The number of rotatable bonds is 5. The molecular weight excluding hydrogens is 304 g/mol. The summed E-state index contributed by atoms with van der Waals surface area (Å²) in [5.41, 5.74) is 5.62. The Morgan fingerprint density at radius 3 is 2.59 bits per heavy atom. The zero-order valence-corrected chi connectivity index (χ0v) is 13.0. The van der Waals surface area contributed by atoms with E-state index in [0.717, 1.165) is 0 Å². The highest BCUT2D eigenvalue weighted by Gasteiger charge is 2.37. The number of carbonyl (C=O) groups excluding carboxylic acids is 2. The van der Waals surface area contributed by atoms with E-state index in [1.54, 1.807) is 29.2 Å². The molecule has 1 aromatic carbocycles. The van der Waals surface area contributed by atoms with Gasteiger partial charge in [0.2, 0.25) is 5.91 Å². The fourth-order valence-corrected chi connectivity index (χ4v) is 3.33.